The van der Waals surface area contributed by atoms with Crippen molar-refractivity contribution in [1.29, 1.82) is 0 Å². The van der Waals surface area contributed by atoms with E-state index in [-0.39, 0.29) is 24.0 Å². The van der Waals surface area contributed by atoms with Gasteiger partial charge in [-0.15, -0.1) is 24.0 Å². The van der Waals surface area contributed by atoms with Crippen LogP contribution in [-0.4, -0.2) is 36.0 Å². The third-order valence-electron chi connectivity index (χ3n) is 4.49. The molecule has 0 radical (unpaired) electrons. The maximum absolute atomic E-state index is 5.59. The van der Waals surface area contributed by atoms with Gasteiger partial charge in [-0.3, -0.25) is 4.68 Å². The second-order valence-corrected chi connectivity index (χ2v) is 6.59. The summed E-state index contributed by atoms with van der Waals surface area (Å²) in [4.78, 5) is 4.78. The van der Waals surface area contributed by atoms with Gasteiger partial charge in [0.1, 0.15) is 0 Å². The minimum Gasteiger partial charge on any atom is -0.493 e. The quantitative estimate of drug-likeness (QED) is 0.239. The normalized spacial score (nSPS) is 10.9. The summed E-state index contributed by atoms with van der Waals surface area (Å²) < 4.78 is 12.9. The Morgan fingerprint density at radius 1 is 1.06 bits per heavy atom. The number of halogens is 1. The van der Waals surface area contributed by atoms with Crippen molar-refractivity contribution < 1.29 is 9.47 Å². The van der Waals surface area contributed by atoms with Crippen LogP contribution >= 0.6 is 24.0 Å². The first-order valence-electron chi connectivity index (χ1n) is 10.1. The molecule has 31 heavy (non-hydrogen) atoms. The van der Waals surface area contributed by atoms with Crippen LogP contribution in [0, 0.1) is 0 Å². The zero-order valence-electron chi connectivity index (χ0n) is 18.2. The minimum absolute atomic E-state index is 0. The molecule has 1 heterocycles. The number of hydrogen-bond acceptors (Lipinski definition) is 4. The van der Waals surface area contributed by atoms with Gasteiger partial charge in [0.05, 0.1) is 26.8 Å². The summed E-state index contributed by atoms with van der Waals surface area (Å²) in [5, 5.41) is 10.9. The maximum Gasteiger partial charge on any atom is 0.196 e. The number of aliphatic imine (C=N–C) groups is 1. The first-order chi connectivity index (χ1) is 14.7. The first kappa shape index (κ1) is 24.5. The summed E-state index contributed by atoms with van der Waals surface area (Å²) in [6.45, 7) is 6.62. The van der Waals surface area contributed by atoms with Gasteiger partial charge in [-0.1, -0.05) is 24.3 Å². The van der Waals surface area contributed by atoms with Gasteiger partial charge in [-0.05, 0) is 43.2 Å². The van der Waals surface area contributed by atoms with E-state index in [0.717, 1.165) is 30.1 Å². The number of ether oxygens (including phenoxy) is 2. The van der Waals surface area contributed by atoms with Crippen LogP contribution in [0.3, 0.4) is 0 Å². The van der Waals surface area contributed by atoms with Crippen LogP contribution in [0.2, 0.25) is 0 Å². The predicted molar refractivity (Wildman–Crippen MR) is 136 cm³/mol. The van der Waals surface area contributed by atoms with Gasteiger partial charge in [0.2, 0.25) is 0 Å². The van der Waals surface area contributed by atoms with Crippen LogP contribution in [0.25, 0.3) is 0 Å². The number of benzene rings is 2. The van der Waals surface area contributed by atoms with Crippen LogP contribution in [0.5, 0.6) is 11.5 Å². The number of hydrogen-bond donors (Lipinski definition) is 2. The molecule has 0 spiro atoms. The molecule has 7 nitrogen and oxygen atoms in total. The van der Waals surface area contributed by atoms with E-state index < -0.39 is 0 Å². The maximum atomic E-state index is 5.59. The molecule has 0 amide bonds. The second kappa shape index (κ2) is 12.8. The highest BCUT2D eigenvalue weighted by Crippen LogP contribution is 2.30. The fraction of sp³-hybridized carbons (Fsp3) is 0.304. The third-order valence-corrected chi connectivity index (χ3v) is 4.49. The fourth-order valence-electron chi connectivity index (χ4n) is 3.06. The van der Waals surface area contributed by atoms with Crippen molar-refractivity contribution in [3.05, 3.63) is 72.1 Å². The minimum atomic E-state index is 0. The van der Waals surface area contributed by atoms with E-state index in [1.54, 1.807) is 13.3 Å². The molecule has 3 rings (SSSR count). The van der Waals surface area contributed by atoms with Crippen LogP contribution < -0.4 is 20.1 Å². The lowest BCUT2D eigenvalue weighted by Crippen LogP contribution is -2.30. The molecule has 8 heteroatoms. The molecule has 0 unspecified atom stereocenters. The highest BCUT2D eigenvalue weighted by atomic mass is 127. The van der Waals surface area contributed by atoms with Crippen molar-refractivity contribution in [2.75, 3.05) is 25.6 Å². The lowest BCUT2D eigenvalue weighted by molar-refractivity contribution is 0.311. The van der Waals surface area contributed by atoms with E-state index in [1.165, 1.54) is 5.56 Å². The van der Waals surface area contributed by atoms with E-state index in [2.05, 4.69) is 27.9 Å². The van der Waals surface area contributed by atoms with Gasteiger partial charge in [0.15, 0.2) is 17.5 Å². The molecule has 0 aliphatic carbocycles. The zero-order chi connectivity index (χ0) is 21.2. The SMILES string of the molecule is CCNC(=NCc1ccccc1Cn1cccn1)Nc1ccc(OCC)c(OC)c1.I. The largest absolute Gasteiger partial charge is 0.493 e. The summed E-state index contributed by atoms with van der Waals surface area (Å²) in [5.74, 6) is 2.11. The van der Waals surface area contributed by atoms with E-state index in [9.17, 15) is 0 Å². The van der Waals surface area contributed by atoms with Gasteiger partial charge in [0.25, 0.3) is 0 Å². The standard InChI is InChI=1S/C23H29N5O2.HI/c1-4-24-23(27-20-11-12-21(30-5-2)22(15-20)29-3)25-16-18-9-6-7-10-19(18)17-28-14-8-13-26-28;/h6-15H,4-5,16-17H2,1-3H3,(H2,24,25,27);1H. The fourth-order valence-corrected chi connectivity index (χ4v) is 3.06. The Kier molecular flexibility index (Phi) is 10.2. The highest BCUT2D eigenvalue weighted by molar-refractivity contribution is 14.0. The summed E-state index contributed by atoms with van der Waals surface area (Å²) >= 11 is 0. The van der Waals surface area contributed by atoms with E-state index in [1.807, 2.05) is 61.1 Å². The Bertz CT molecular complexity index is 960. The molecule has 0 bridgehead atoms. The van der Waals surface area contributed by atoms with Crippen LogP contribution in [0.4, 0.5) is 5.69 Å². The summed E-state index contributed by atoms with van der Waals surface area (Å²) in [6.07, 6.45) is 3.75. The Labute approximate surface area is 200 Å². The van der Waals surface area contributed by atoms with Crippen molar-refractivity contribution in [2.24, 2.45) is 4.99 Å². The Morgan fingerprint density at radius 2 is 1.87 bits per heavy atom. The average Bonchev–Trinajstić information content (AvgIpc) is 3.27. The van der Waals surface area contributed by atoms with Crippen LogP contribution in [0.1, 0.15) is 25.0 Å². The highest BCUT2D eigenvalue weighted by Gasteiger charge is 2.08. The van der Waals surface area contributed by atoms with Gasteiger partial charge >= 0.3 is 0 Å². The van der Waals surface area contributed by atoms with Crippen molar-refractivity contribution >= 4 is 35.6 Å². The molecular weight excluding hydrogens is 505 g/mol. The van der Waals surface area contributed by atoms with E-state index >= 15 is 0 Å². The number of methoxy groups -OCH3 is 1. The molecule has 0 saturated carbocycles. The lowest BCUT2D eigenvalue weighted by Gasteiger charge is -2.15. The topological polar surface area (TPSA) is 72.7 Å². The number of guanidine groups is 1. The number of nitrogens with zero attached hydrogens (tertiary/aromatic N) is 3. The number of nitrogens with one attached hydrogen (secondary N) is 2. The van der Waals surface area contributed by atoms with Crippen LogP contribution in [-0.2, 0) is 13.1 Å². The van der Waals surface area contributed by atoms with Crippen molar-refractivity contribution in [1.82, 2.24) is 15.1 Å². The van der Waals surface area contributed by atoms with Crippen molar-refractivity contribution in [3.63, 3.8) is 0 Å². The predicted octanol–water partition coefficient (Wildman–Crippen LogP) is 4.53. The van der Waals surface area contributed by atoms with Crippen LogP contribution in [0.15, 0.2) is 65.9 Å². The molecule has 166 valence electrons. The molecular formula is C23H30IN5O2. The molecule has 0 fully saturated rings. The first-order valence-corrected chi connectivity index (χ1v) is 10.1. The number of aromatic nitrogens is 2. The smallest absolute Gasteiger partial charge is 0.196 e. The van der Waals surface area contributed by atoms with Gasteiger partial charge < -0.3 is 20.1 Å². The Hall–Kier alpha value is -2.75. The lowest BCUT2D eigenvalue weighted by atomic mass is 10.1. The molecule has 2 N–H and O–H groups in total. The Balaban J connectivity index is 0.00000341. The molecule has 3 aromatic rings. The van der Waals surface area contributed by atoms with Gasteiger partial charge in [-0.25, -0.2) is 4.99 Å². The zero-order valence-corrected chi connectivity index (χ0v) is 20.5. The number of anilines is 1. The molecule has 0 saturated heterocycles. The summed E-state index contributed by atoms with van der Waals surface area (Å²) in [5.41, 5.74) is 3.23. The average molecular weight is 535 g/mol. The van der Waals surface area contributed by atoms with Gasteiger partial charge in [-0.2, -0.15) is 5.10 Å². The third kappa shape index (κ3) is 7.16. The monoisotopic (exact) mass is 535 g/mol. The van der Waals surface area contributed by atoms with E-state index in [4.69, 9.17) is 14.5 Å². The summed E-state index contributed by atoms with van der Waals surface area (Å²) in [7, 11) is 1.64. The van der Waals surface area contributed by atoms with Gasteiger partial charge in [0, 0.05) is 30.7 Å². The molecule has 0 aliphatic heterocycles. The molecule has 0 atom stereocenters. The number of rotatable bonds is 9. The van der Waals surface area contributed by atoms with Crippen molar-refractivity contribution in [2.45, 2.75) is 26.9 Å². The summed E-state index contributed by atoms with van der Waals surface area (Å²) in [6, 6.07) is 16.0. The molecule has 0 aliphatic rings. The van der Waals surface area contributed by atoms with E-state index in [0.29, 0.717) is 24.9 Å². The molecule has 2 aromatic carbocycles. The second-order valence-electron chi connectivity index (χ2n) is 6.59. The Morgan fingerprint density at radius 3 is 2.55 bits per heavy atom. The van der Waals surface area contributed by atoms with Crippen molar-refractivity contribution in [3.8, 4) is 11.5 Å². The molecule has 1 aromatic heterocycles.